The maximum absolute atomic E-state index is 12.1. The lowest BCUT2D eigenvalue weighted by Gasteiger charge is -2.12. The number of aryl methyl sites for hydroxylation is 2. The Morgan fingerprint density at radius 1 is 1.12 bits per heavy atom. The number of rotatable bonds is 7. The lowest BCUT2D eigenvalue weighted by molar-refractivity contribution is -0.116. The molecule has 0 aromatic heterocycles. The van der Waals surface area contributed by atoms with E-state index >= 15 is 0 Å². The fourth-order valence-corrected chi connectivity index (χ4v) is 2.92. The third kappa shape index (κ3) is 5.79. The summed E-state index contributed by atoms with van der Waals surface area (Å²) in [6.45, 7) is 8.93. The molecule has 0 heterocycles. The smallest absolute Gasteiger partial charge is 0.224 e. The van der Waals surface area contributed by atoms with E-state index in [1.54, 1.807) is 6.07 Å². The lowest BCUT2D eigenvalue weighted by atomic mass is 9.98. The fourth-order valence-electron chi connectivity index (χ4n) is 2.75. The van der Waals surface area contributed by atoms with Crippen LogP contribution >= 0.6 is 11.6 Å². The molecule has 4 heteroatoms. The average molecular weight is 360 g/mol. The van der Waals surface area contributed by atoms with E-state index in [9.17, 15) is 4.79 Å². The van der Waals surface area contributed by atoms with Gasteiger partial charge in [0.05, 0.1) is 6.61 Å². The zero-order chi connectivity index (χ0) is 18.4. The number of nitrogens with one attached hydrogen (secondary N) is 1. The van der Waals surface area contributed by atoms with Gasteiger partial charge >= 0.3 is 0 Å². The summed E-state index contributed by atoms with van der Waals surface area (Å²) in [5, 5.41) is 3.52. The first-order valence-electron chi connectivity index (χ1n) is 8.66. The molecule has 0 atom stereocenters. The molecule has 0 saturated carbocycles. The Hall–Kier alpha value is -2.00. The monoisotopic (exact) mass is 359 g/mol. The molecular weight excluding hydrogens is 334 g/mol. The standard InChI is InChI=1S/C21H26ClNO2/c1-14(2)19-10-9-18(12-16(19)4)25-11-5-6-21(24)23-20-13-17(22)8-7-15(20)3/h7-10,12-14H,5-6,11H2,1-4H3,(H,23,24). The molecule has 0 unspecified atom stereocenters. The van der Waals surface area contributed by atoms with E-state index in [0.717, 1.165) is 17.0 Å². The average Bonchev–Trinajstić information content (AvgIpc) is 2.55. The Kier molecular flexibility index (Phi) is 6.89. The topological polar surface area (TPSA) is 38.3 Å². The van der Waals surface area contributed by atoms with Crippen LogP contribution in [-0.2, 0) is 4.79 Å². The van der Waals surface area contributed by atoms with Gasteiger partial charge in [-0.05, 0) is 67.1 Å². The second-order valence-electron chi connectivity index (χ2n) is 6.63. The lowest BCUT2D eigenvalue weighted by Crippen LogP contribution is -2.13. The number of ether oxygens (including phenoxy) is 1. The SMILES string of the molecule is Cc1ccc(Cl)cc1NC(=O)CCCOc1ccc(C(C)C)c(C)c1. The third-order valence-corrected chi connectivity index (χ3v) is 4.39. The highest BCUT2D eigenvalue weighted by Gasteiger charge is 2.07. The first-order chi connectivity index (χ1) is 11.9. The van der Waals surface area contributed by atoms with Gasteiger partial charge in [0.25, 0.3) is 0 Å². The highest BCUT2D eigenvalue weighted by atomic mass is 35.5. The molecule has 0 aliphatic heterocycles. The van der Waals surface area contributed by atoms with Crippen molar-refractivity contribution in [3.63, 3.8) is 0 Å². The van der Waals surface area contributed by atoms with Crippen LogP contribution in [0, 0.1) is 13.8 Å². The van der Waals surface area contributed by atoms with Gasteiger partial charge in [0.2, 0.25) is 5.91 Å². The van der Waals surface area contributed by atoms with Crippen molar-refractivity contribution >= 4 is 23.2 Å². The van der Waals surface area contributed by atoms with Crippen molar-refractivity contribution in [1.29, 1.82) is 0 Å². The van der Waals surface area contributed by atoms with Crippen LogP contribution in [0.3, 0.4) is 0 Å². The Labute approximate surface area is 155 Å². The van der Waals surface area contributed by atoms with Crippen molar-refractivity contribution in [2.24, 2.45) is 0 Å². The van der Waals surface area contributed by atoms with Crippen LogP contribution in [0.15, 0.2) is 36.4 Å². The van der Waals surface area contributed by atoms with Gasteiger partial charge in [0.15, 0.2) is 0 Å². The van der Waals surface area contributed by atoms with Gasteiger partial charge in [-0.1, -0.05) is 37.6 Å². The van der Waals surface area contributed by atoms with Crippen molar-refractivity contribution in [2.75, 3.05) is 11.9 Å². The molecule has 0 saturated heterocycles. The summed E-state index contributed by atoms with van der Waals surface area (Å²) in [6, 6.07) is 11.6. The number of carbonyl (C=O) groups is 1. The largest absolute Gasteiger partial charge is 0.494 e. The molecule has 1 N–H and O–H groups in total. The quantitative estimate of drug-likeness (QED) is 0.627. The second kappa shape index (κ2) is 8.91. The normalized spacial score (nSPS) is 10.8. The van der Waals surface area contributed by atoms with Crippen molar-refractivity contribution in [3.8, 4) is 5.75 Å². The number of benzene rings is 2. The molecule has 0 fully saturated rings. The van der Waals surface area contributed by atoms with Crippen molar-refractivity contribution in [1.82, 2.24) is 0 Å². The summed E-state index contributed by atoms with van der Waals surface area (Å²) in [7, 11) is 0. The van der Waals surface area contributed by atoms with Crippen molar-refractivity contribution in [2.45, 2.75) is 46.5 Å². The second-order valence-corrected chi connectivity index (χ2v) is 7.07. The molecular formula is C21H26ClNO2. The van der Waals surface area contributed by atoms with Crippen LogP contribution < -0.4 is 10.1 Å². The van der Waals surface area contributed by atoms with Crippen LogP contribution in [-0.4, -0.2) is 12.5 Å². The zero-order valence-electron chi connectivity index (χ0n) is 15.4. The first-order valence-corrected chi connectivity index (χ1v) is 9.04. The molecule has 0 spiro atoms. The van der Waals surface area contributed by atoms with E-state index in [2.05, 4.69) is 38.2 Å². The maximum Gasteiger partial charge on any atom is 0.224 e. The minimum atomic E-state index is -0.0275. The molecule has 0 aliphatic rings. The van der Waals surface area contributed by atoms with Crippen LogP contribution in [0.2, 0.25) is 5.02 Å². The Morgan fingerprint density at radius 3 is 2.56 bits per heavy atom. The zero-order valence-corrected chi connectivity index (χ0v) is 16.1. The molecule has 3 nitrogen and oxygen atoms in total. The molecule has 0 bridgehead atoms. The van der Waals surface area contributed by atoms with Crippen molar-refractivity contribution in [3.05, 3.63) is 58.1 Å². The van der Waals surface area contributed by atoms with Crippen LogP contribution in [0.1, 0.15) is 49.3 Å². The van der Waals surface area contributed by atoms with E-state index in [-0.39, 0.29) is 5.91 Å². The summed E-state index contributed by atoms with van der Waals surface area (Å²) in [4.78, 5) is 12.1. The molecule has 2 aromatic rings. The van der Waals surface area contributed by atoms with Gasteiger partial charge < -0.3 is 10.1 Å². The van der Waals surface area contributed by atoms with Crippen molar-refractivity contribution < 1.29 is 9.53 Å². The van der Waals surface area contributed by atoms with E-state index in [0.29, 0.717) is 30.4 Å². The van der Waals surface area contributed by atoms with E-state index in [4.69, 9.17) is 16.3 Å². The molecule has 1 amide bonds. The third-order valence-electron chi connectivity index (χ3n) is 4.15. The molecule has 0 aliphatic carbocycles. The highest BCUT2D eigenvalue weighted by Crippen LogP contribution is 2.24. The van der Waals surface area contributed by atoms with Gasteiger partial charge in [-0.3, -0.25) is 4.79 Å². The predicted octanol–water partition coefficient (Wildman–Crippen LogP) is 5.88. The molecule has 2 rings (SSSR count). The molecule has 2 aromatic carbocycles. The minimum absolute atomic E-state index is 0.0275. The summed E-state index contributed by atoms with van der Waals surface area (Å²) in [5.41, 5.74) is 4.33. The van der Waals surface area contributed by atoms with Crippen LogP contribution in [0.5, 0.6) is 5.75 Å². The Bertz CT molecular complexity index is 741. The summed E-state index contributed by atoms with van der Waals surface area (Å²) in [6.07, 6.45) is 1.07. The number of carbonyl (C=O) groups excluding carboxylic acids is 1. The van der Waals surface area contributed by atoms with E-state index in [1.807, 2.05) is 25.1 Å². The Morgan fingerprint density at radius 2 is 1.88 bits per heavy atom. The van der Waals surface area contributed by atoms with E-state index < -0.39 is 0 Å². The summed E-state index contributed by atoms with van der Waals surface area (Å²) >= 11 is 5.97. The van der Waals surface area contributed by atoms with Gasteiger partial charge in [-0.2, -0.15) is 0 Å². The minimum Gasteiger partial charge on any atom is -0.494 e. The number of anilines is 1. The van der Waals surface area contributed by atoms with Crippen LogP contribution in [0.25, 0.3) is 0 Å². The summed E-state index contributed by atoms with van der Waals surface area (Å²) in [5.74, 6) is 1.33. The molecule has 134 valence electrons. The van der Waals surface area contributed by atoms with Crippen LogP contribution in [0.4, 0.5) is 5.69 Å². The molecule has 0 radical (unpaired) electrons. The van der Waals surface area contributed by atoms with Gasteiger partial charge in [-0.15, -0.1) is 0 Å². The highest BCUT2D eigenvalue weighted by molar-refractivity contribution is 6.31. The predicted molar refractivity (Wildman–Crippen MR) is 105 cm³/mol. The Balaban J connectivity index is 1.78. The van der Waals surface area contributed by atoms with Gasteiger partial charge in [-0.25, -0.2) is 0 Å². The summed E-state index contributed by atoms with van der Waals surface area (Å²) < 4.78 is 5.76. The number of amides is 1. The van der Waals surface area contributed by atoms with E-state index in [1.165, 1.54) is 11.1 Å². The molecule has 25 heavy (non-hydrogen) atoms. The fraction of sp³-hybridized carbons (Fsp3) is 0.381. The van der Waals surface area contributed by atoms with Gasteiger partial charge in [0.1, 0.15) is 5.75 Å². The maximum atomic E-state index is 12.1. The number of hydrogen-bond donors (Lipinski definition) is 1. The number of halogens is 1. The van der Waals surface area contributed by atoms with Gasteiger partial charge in [0, 0.05) is 17.1 Å². The number of hydrogen-bond acceptors (Lipinski definition) is 2. The first kappa shape index (κ1) is 19.3.